The van der Waals surface area contributed by atoms with E-state index in [1.54, 1.807) is 0 Å². The second-order valence-electron chi connectivity index (χ2n) is 12.0. The van der Waals surface area contributed by atoms with Crippen LogP contribution in [0.3, 0.4) is 0 Å². The Hall–Kier alpha value is -2.97. The van der Waals surface area contributed by atoms with Crippen LogP contribution in [0, 0.1) is 0 Å². The third-order valence-electron chi connectivity index (χ3n) is 8.76. The monoisotopic (exact) mass is 554 g/mol. The molecule has 7 heteroatoms. The summed E-state index contributed by atoms with van der Waals surface area (Å²) in [5.41, 5.74) is 6.32. The van der Waals surface area contributed by atoms with Crippen molar-refractivity contribution < 1.29 is 9.59 Å². The van der Waals surface area contributed by atoms with Crippen LogP contribution in [-0.2, 0) is 22.7 Å². The smallest absolute Gasteiger partial charge is 0.243 e. The van der Waals surface area contributed by atoms with Crippen LogP contribution in [0.5, 0.6) is 0 Å². The molecule has 3 heterocycles. The molecule has 0 aliphatic carbocycles. The van der Waals surface area contributed by atoms with Gasteiger partial charge in [-0.15, -0.1) is 0 Å². The maximum atomic E-state index is 12.5. The van der Waals surface area contributed by atoms with Crippen LogP contribution in [-0.4, -0.2) is 57.7 Å². The molecule has 2 saturated heterocycles. The van der Waals surface area contributed by atoms with E-state index in [0.717, 1.165) is 31.7 Å². The number of imide groups is 1. The molecule has 0 saturated carbocycles. The molecule has 40 heavy (non-hydrogen) atoms. The first-order valence-corrected chi connectivity index (χ1v) is 14.8. The average molecular weight is 555 g/mol. The molecular formula is C33H38N4O2S. The van der Waals surface area contributed by atoms with Crippen LogP contribution in [0.1, 0.15) is 65.9 Å². The molecule has 6 nitrogen and oxygen atoms in total. The van der Waals surface area contributed by atoms with Crippen molar-refractivity contribution in [3.63, 3.8) is 0 Å². The molecule has 3 aliphatic rings. The molecule has 0 aromatic heterocycles. The number of nitrogens with one attached hydrogen (secondary N) is 1. The quantitative estimate of drug-likeness (QED) is 0.335. The Balaban J connectivity index is 1.16. The van der Waals surface area contributed by atoms with E-state index in [1.807, 2.05) is 0 Å². The molecule has 2 fully saturated rings. The van der Waals surface area contributed by atoms with Crippen LogP contribution < -0.4 is 5.32 Å². The highest BCUT2D eigenvalue weighted by Crippen LogP contribution is 2.40. The number of piperazine rings is 1. The Morgan fingerprint density at radius 2 is 1.62 bits per heavy atom. The van der Waals surface area contributed by atoms with Gasteiger partial charge in [0.1, 0.15) is 0 Å². The number of hydrogen-bond donors (Lipinski definition) is 2. The van der Waals surface area contributed by atoms with Gasteiger partial charge in [0.2, 0.25) is 11.8 Å². The van der Waals surface area contributed by atoms with Crippen molar-refractivity contribution in [3.8, 4) is 0 Å². The van der Waals surface area contributed by atoms with Gasteiger partial charge in [-0.1, -0.05) is 78.9 Å². The van der Waals surface area contributed by atoms with Gasteiger partial charge in [-0.3, -0.25) is 29.6 Å². The van der Waals surface area contributed by atoms with Gasteiger partial charge in [0.25, 0.3) is 0 Å². The third-order valence-corrected chi connectivity index (χ3v) is 9.33. The third kappa shape index (κ3) is 5.36. The van der Waals surface area contributed by atoms with Crippen molar-refractivity contribution in [1.29, 1.82) is 0 Å². The minimum absolute atomic E-state index is 0.0237. The zero-order chi connectivity index (χ0) is 27.9. The molecule has 2 atom stereocenters. The van der Waals surface area contributed by atoms with Gasteiger partial charge in [0.05, 0.1) is 17.5 Å². The SMILES string of the molecule is CC1(C)CN(Cc2ccc3c(c2)CN(C2CCC(=O)NC2=O)C3S)CCN1C(c1ccccc1)c1ccccc1. The number of amides is 2. The lowest BCUT2D eigenvalue weighted by atomic mass is 9.89. The first kappa shape index (κ1) is 27.2. The first-order valence-electron chi connectivity index (χ1n) is 14.3. The molecule has 2 amide bonds. The van der Waals surface area contributed by atoms with Crippen molar-refractivity contribution in [2.24, 2.45) is 0 Å². The summed E-state index contributed by atoms with van der Waals surface area (Å²) in [4.78, 5) is 31.5. The lowest BCUT2D eigenvalue weighted by Crippen LogP contribution is -2.59. The predicted octanol–water partition coefficient (Wildman–Crippen LogP) is 4.92. The number of carbonyl (C=O) groups excluding carboxylic acids is 2. The van der Waals surface area contributed by atoms with Crippen LogP contribution in [0.25, 0.3) is 0 Å². The Labute approximate surface area is 242 Å². The summed E-state index contributed by atoms with van der Waals surface area (Å²) in [5.74, 6) is -0.384. The van der Waals surface area contributed by atoms with E-state index in [2.05, 4.69) is 113 Å². The topological polar surface area (TPSA) is 55.9 Å². The van der Waals surface area contributed by atoms with E-state index in [1.165, 1.54) is 22.3 Å². The number of benzene rings is 3. The molecule has 3 aromatic rings. The molecule has 2 unspecified atom stereocenters. The van der Waals surface area contributed by atoms with Crippen LogP contribution in [0.2, 0.25) is 0 Å². The predicted molar refractivity (Wildman–Crippen MR) is 161 cm³/mol. The normalized spacial score (nSPS) is 23.8. The molecule has 0 spiro atoms. The summed E-state index contributed by atoms with van der Waals surface area (Å²) in [7, 11) is 0. The second kappa shape index (κ2) is 11.1. The highest BCUT2D eigenvalue weighted by Gasteiger charge is 2.40. The average Bonchev–Trinajstić information content (AvgIpc) is 3.26. The summed E-state index contributed by atoms with van der Waals surface area (Å²) in [6, 6.07) is 28.3. The number of fused-ring (bicyclic) bond motifs is 1. The summed E-state index contributed by atoms with van der Waals surface area (Å²) < 4.78 is 0. The van der Waals surface area contributed by atoms with Gasteiger partial charge in [-0.05, 0) is 48.1 Å². The second-order valence-corrected chi connectivity index (χ2v) is 12.5. The zero-order valence-electron chi connectivity index (χ0n) is 23.3. The lowest BCUT2D eigenvalue weighted by Gasteiger charge is -2.51. The molecule has 3 aromatic carbocycles. The van der Waals surface area contributed by atoms with E-state index in [9.17, 15) is 9.59 Å². The van der Waals surface area contributed by atoms with Gasteiger partial charge >= 0.3 is 0 Å². The molecular weight excluding hydrogens is 516 g/mol. The van der Waals surface area contributed by atoms with Gasteiger partial charge in [0.15, 0.2) is 0 Å². The number of nitrogens with zero attached hydrogens (tertiary/aromatic N) is 3. The van der Waals surface area contributed by atoms with Gasteiger partial charge in [-0.2, -0.15) is 12.6 Å². The molecule has 208 valence electrons. The highest BCUT2D eigenvalue weighted by molar-refractivity contribution is 7.80. The standard InChI is InChI=1S/C33H38N4O2S/c1-33(2)22-35(17-18-37(33)30(24-9-5-3-6-10-24)25-11-7-4-8-12-25)20-23-13-14-27-26(19-23)21-36(32(27)40)28-15-16-29(38)34-31(28)39/h3-14,19,28,30,32,40H,15-18,20-22H2,1-2H3,(H,34,38,39). The highest BCUT2D eigenvalue weighted by atomic mass is 32.1. The number of carbonyl (C=O) groups is 2. The van der Waals surface area contributed by atoms with Crippen LogP contribution >= 0.6 is 12.6 Å². The molecule has 0 radical (unpaired) electrons. The zero-order valence-corrected chi connectivity index (χ0v) is 24.2. The molecule has 3 aliphatic heterocycles. The van der Waals surface area contributed by atoms with Crippen LogP contribution in [0.15, 0.2) is 78.9 Å². The summed E-state index contributed by atoms with van der Waals surface area (Å²) in [6.45, 7) is 9.24. The van der Waals surface area contributed by atoms with E-state index in [0.29, 0.717) is 19.4 Å². The fourth-order valence-corrected chi connectivity index (χ4v) is 7.35. The molecule has 1 N–H and O–H groups in total. The summed E-state index contributed by atoms with van der Waals surface area (Å²) >= 11 is 4.86. The van der Waals surface area contributed by atoms with Crippen molar-refractivity contribution in [3.05, 3.63) is 107 Å². The number of hydrogen-bond acceptors (Lipinski definition) is 6. The number of rotatable bonds is 6. The van der Waals surface area contributed by atoms with Gasteiger partial charge < -0.3 is 0 Å². The Kier molecular flexibility index (Phi) is 7.57. The Morgan fingerprint density at radius 1 is 0.950 bits per heavy atom. The molecule has 0 bridgehead atoms. The fourth-order valence-electron chi connectivity index (χ4n) is 6.85. The van der Waals surface area contributed by atoms with E-state index < -0.39 is 0 Å². The van der Waals surface area contributed by atoms with Gasteiger partial charge in [0, 0.05) is 44.7 Å². The Morgan fingerprint density at radius 3 is 2.25 bits per heavy atom. The minimum atomic E-state index is -0.313. The first-order chi connectivity index (χ1) is 19.3. The minimum Gasteiger partial charge on any atom is -0.296 e. The lowest BCUT2D eigenvalue weighted by molar-refractivity contribution is -0.137. The van der Waals surface area contributed by atoms with Crippen molar-refractivity contribution in [2.75, 3.05) is 19.6 Å². The van der Waals surface area contributed by atoms with Crippen LogP contribution in [0.4, 0.5) is 0 Å². The number of piperidine rings is 1. The van der Waals surface area contributed by atoms with Gasteiger partial charge in [-0.25, -0.2) is 0 Å². The summed E-state index contributed by atoms with van der Waals surface area (Å²) in [6.07, 6.45) is 0.932. The van der Waals surface area contributed by atoms with Crippen molar-refractivity contribution in [2.45, 2.75) is 62.8 Å². The van der Waals surface area contributed by atoms with Crippen molar-refractivity contribution in [1.82, 2.24) is 20.0 Å². The Bertz CT molecular complexity index is 1340. The van der Waals surface area contributed by atoms with E-state index in [-0.39, 0.29) is 34.8 Å². The maximum absolute atomic E-state index is 12.5. The fraction of sp³-hybridized carbons (Fsp3) is 0.394. The van der Waals surface area contributed by atoms with E-state index >= 15 is 0 Å². The maximum Gasteiger partial charge on any atom is 0.243 e. The van der Waals surface area contributed by atoms with E-state index in [4.69, 9.17) is 12.6 Å². The number of thiol groups is 1. The van der Waals surface area contributed by atoms with Crippen molar-refractivity contribution >= 4 is 24.4 Å². The largest absolute Gasteiger partial charge is 0.296 e. The molecule has 6 rings (SSSR count). The summed E-state index contributed by atoms with van der Waals surface area (Å²) in [5, 5.41) is 2.36.